The van der Waals surface area contributed by atoms with Crippen LogP contribution < -0.4 is 5.73 Å². The van der Waals surface area contributed by atoms with Gasteiger partial charge in [0.05, 0.1) is 18.6 Å². The van der Waals surface area contributed by atoms with Gasteiger partial charge in [-0.05, 0) is 12.3 Å². The number of aromatic nitrogens is 2. The van der Waals surface area contributed by atoms with Gasteiger partial charge in [-0.1, -0.05) is 32.1 Å². The number of ether oxygens (including phenoxy) is 1. The van der Waals surface area contributed by atoms with Crippen molar-refractivity contribution in [1.29, 1.82) is 0 Å². The van der Waals surface area contributed by atoms with Gasteiger partial charge in [-0.2, -0.15) is 0 Å². The van der Waals surface area contributed by atoms with Gasteiger partial charge in [0.15, 0.2) is 6.10 Å². The summed E-state index contributed by atoms with van der Waals surface area (Å²) in [5, 5.41) is 9.14. The number of hydrogen-bond acceptors (Lipinski definition) is 4. The third-order valence-corrected chi connectivity index (χ3v) is 4.31. The van der Waals surface area contributed by atoms with Crippen LogP contribution in [0, 0.1) is 5.92 Å². The minimum atomic E-state index is -0.967. The van der Waals surface area contributed by atoms with Gasteiger partial charge in [0.25, 0.3) is 0 Å². The Hall–Kier alpha value is -1.40. The number of carboxylic acid groups (broad SMARTS) is 1. The number of nitrogens with zero attached hydrogens (tertiary/aromatic N) is 2. The van der Waals surface area contributed by atoms with Crippen LogP contribution in [0.2, 0.25) is 0 Å². The Morgan fingerprint density at radius 1 is 1.45 bits per heavy atom. The fourth-order valence-electron chi connectivity index (χ4n) is 3.06. The largest absolute Gasteiger partial charge is 0.479 e. The molecule has 1 saturated carbocycles. The standard InChI is InChI=1S/C16H27N3O3/c17-7-9-22-15(16(20)21)10-14-11-19(12-18-14)8-6-13-4-2-1-3-5-13/h11-13,15H,1-10,17H2,(H,20,21)/t15-/m0/s1. The van der Waals surface area contributed by atoms with Crippen LogP contribution in [0.4, 0.5) is 0 Å². The van der Waals surface area contributed by atoms with Crippen LogP contribution in [0.3, 0.4) is 0 Å². The second kappa shape index (κ2) is 8.90. The van der Waals surface area contributed by atoms with Crippen LogP contribution in [-0.2, 0) is 22.5 Å². The maximum absolute atomic E-state index is 11.1. The molecular weight excluding hydrogens is 282 g/mol. The predicted molar refractivity (Wildman–Crippen MR) is 83.6 cm³/mol. The summed E-state index contributed by atoms with van der Waals surface area (Å²) in [6.45, 7) is 1.53. The molecular formula is C16H27N3O3. The van der Waals surface area contributed by atoms with Gasteiger partial charge in [0.1, 0.15) is 0 Å². The minimum absolute atomic E-state index is 0.249. The fourth-order valence-corrected chi connectivity index (χ4v) is 3.06. The fraction of sp³-hybridized carbons (Fsp3) is 0.750. The van der Waals surface area contributed by atoms with Gasteiger partial charge in [0.2, 0.25) is 0 Å². The van der Waals surface area contributed by atoms with E-state index in [0.29, 0.717) is 6.54 Å². The monoisotopic (exact) mass is 309 g/mol. The first kappa shape index (κ1) is 17.0. The van der Waals surface area contributed by atoms with Crippen molar-refractivity contribution in [3.05, 3.63) is 18.2 Å². The Morgan fingerprint density at radius 2 is 2.23 bits per heavy atom. The molecule has 1 aliphatic rings. The van der Waals surface area contributed by atoms with E-state index in [1.165, 1.54) is 38.5 Å². The topological polar surface area (TPSA) is 90.4 Å². The first-order chi connectivity index (χ1) is 10.7. The smallest absolute Gasteiger partial charge is 0.333 e. The Bertz CT molecular complexity index is 455. The zero-order chi connectivity index (χ0) is 15.8. The van der Waals surface area contributed by atoms with Crippen LogP contribution in [0.15, 0.2) is 12.5 Å². The van der Waals surface area contributed by atoms with Crippen LogP contribution in [0.5, 0.6) is 0 Å². The maximum Gasteiger partial charge on any atom is 0.333 e. The summed E-state index contributed by atoms with van der Waals surface area (Å²) in [5.74, 6) is -0.135. The molecule has 0 saturated heterocycles. The molecule has 0 radical (unpaired) electrons. The van der Waals surface area contributed by atoms with Crippen molar-refractivity contribution in [2.45, 2.75) is 57.6 Å². The van der Waals surface area contributed by atoms with Crippen LogP contribution in [0.1, 0.15) is 44.2 Å². The molecule has 0 amide bonds. The molecule has 0 spiro atoms. The van der Waals surface area contributed by atoms with E-state index in [0.717, 1.165) is 18.2 Å². The molecule has 0 unspecified atom stereocenters. The number of imidazole rings is 1. The lowest BCUT2D eigenvalue weighted by Crippen LogP contribution is -2.28. The Morgan fingerprint density at radius 3 is 2.91 bits per heavy atom. The zero-order valence-electron chi connectivity index (χ0n) is 13.1. The highest BCUT2D eigenvalue weighted by atomic mass is 16.5. The van der Waals surface area contributed by atoms with Gasteiger partial charge >= 0.3 is 5.97 Å². The van der Waals surface area contributed by atoms with Crippen LogP contribution >= 0.6 is 0 Å². The molecule has 22 heavy (non-hydrogen) atoms. The van der Waals surface area contributed by atoms with Crippen molar-refractivity contribution < 1.29 is 14.6 Å². The number of carbonyl (C=O) groups is 1. The van der Waals surface area contributed by atoms with Crippen LogP contribution in [-0.4, -0.2) is 39.9 Å². The van der Waals surface area contributed by atoms with E-state index in [1.807, 2.05) is 6.20 Å². The first-order valence-electron chi connectivity index (χ1n) is 8.24. The SMILES string of the molecule is NCCO[C@@H](Cc1cn(CCC2CCCCC2)cn1)C(=O)O. The highest BCUT2D eigenvalue weighted by Crippen LogP contribution is 2.26. The second-order valence-corrected chi connectivity index (χ2v) is 6.09. The molecule has 0 bridgehead atoms. The average Bonchev–Trinajstić information content (AvgIpc) is 2.98. The van der Waals surface area contributed by atoms with Crippen molar-refractivity contribution >= 4 is 5.97 Å². The third kappa shape index (κ3) is 5.42. The molecule has 1 atom stereocenters. The summed E-state index contributed by atoms with van der Waals surface area (Å²) >= 11 is 0. The van der Waals surface area contributed by atoms with Crippen molar-refractivity contribution in [3.8, 4) is 0 Å². The number of hydrogen-bond donors (Lipinski definition) is 2. The lowest BCUT2D eigenvalue weighted by Gasteiger charge is -2.21. The molecule has 6 heteroatoms. The third-order valence-electron chi connectivity index (χ3n) is 4.31. The predicted octanol–water partition coefficient (Wildman–Crippen LogP) is 1.82. The number of aliphatic carboxylic acids is 1. The molecule has 6 nitrogen and oxygen atoms in total. The maximum atomic E-state index is 11.1. The number of carboxylic acids is 1. The molecule has 1 aromatic rings. The van der Waals surface area contributed by atoms with Crippen molar-refractivity contribution in [1.82, 2.24) is 9.55 Å². The lowest BCUT2D eigenvalue weighted by atomic mass is 9.87. The molecule has 1 fully saturated rings. The van der Waals surface area contributed by atoms with Crippen molar-refractivity contribution in [2.75, 3.05) is 13.2 Å². The van der Waals surface area contributed by atoms with Gasteiger partial charge in [-0.25, -0.2) is 9.78 Å². The molecule has 0 aliphatic heterocycles. The van der Waals surface area contributed by atoms with Crippen molar-refractivity contribution in [2.24, 2.45) is 11.7 Å². The molecule has 1 aromatic heterocycles. The average molecular weight is 309 g/mol. The molecule has 2 rings (SSSR count). The van der Waals surface area contributed by atoms with E-state index in [2.05, 4.69) is 9.55 Å². The highest BCUT2D eigenvalue weighted by molar-refractivity contribution is 5.72. The minimum Gasteiger partial charge on any atom is -0.479 e. The summed E-state index contributed by atoms with van der Waals surface area (Å²) < 4.78 is 7.31. The zero-order valence-corrected chi connectivity index (χ0v) is 13.1. The summed E-state index contributed by atoms with van der Waals surface area (Å²) in [6, 6.07) is 0. The molecule has 3 N–H and O–H groups in total. The first-order valence-corrected chi connectivity index (χ1v) is 8.24. The van der Waals surface area contributed by atoms with Crippen molar-refractivity contribution in [3.63, 3.8) is 0 Å². The number of rotatable bonds is 9. The van der Waals surface area contributed by atoms with E-state index in [4.69, 9.17) is 15.6 Å². The van der Waals surface area contributed by atoms with Gasteiger partial charge in [0, 0.05) is 25.7 Å². The molecule has 124 valence electrons. The Balaban J connectivity index is 1.80. The van der Waals surface area contributed by atoms with Gasteiger partial charge in [-0.15, -0.1) is 0 Å². The molecule has 0 aromatic carbocycles. The molecule has 1 heterocycles. The normalized spacial score (nSPS) is 17.5. The van der Waals surface area contributed by atoms with E-state index in [1.54, 1.807) is 6.33 Å². The second-order valence-electron chi connectivity index (χ2n) is 6.09. The summed E-state index contributed by atoms with van der Waals surface area (Å²) in [7, 11) is 0. The van der Waals surface area contributed by atoms with Gasteiger partial charge < -0.3 is 20.1 Å². The van der Waals surface area contributed by atoms with Crippen LogP contribution in [0.25, 0.3) is 0 Å². The number of nitrogens with two attached hydrogens (primary N) is 1. The van der Waals surface area contributed by atoms with E-state index < -0.39 is 12.1 Å². The summed E-state index contributed by atoms with van der Waals surface area (Å²) in [6.07, 6.45) is 11.1. The van der Waals surface area contributed by atoms with E-state index in [-0.39, 0.29) is 13.0 Å². The summed E-state index contributed by atoms with van der Waals surface area (Å²) in [4.78, 5) is 15.4. The van der Waals surface area contributed by atoms with E-state index >= 15 is 0 Å². The Kier molecular flexibility index (Phi) is 6.86. The molecule has 1 aliphatic carbocycles. The Labute approximate surface area is 131 Å². The van der Waals surface area contributed by atoms with E-state index in [9.17, 15) is 4.79 Å². The van der Waals surface area contributed by atoms with Gasteiger partial charge in [-0.3, -0.25) is 0 Å². The lowest BCUT2D eigenvalue weighted by molar-refractivity contribution is -0.150. The quantitative estimate of drug-likeness (QED) is 0.726. The number of aryl methyl sites for hydroxylation is 1. The highest BCUT2D eigenvalue weighted by Gasteiger charge is 2.20. The summed E-state index contributed by atoms with van der Waals surface area (Å²) in [5.41, 5.74) is 6.10.